The van der Waals surface area contributed by atoms with E-state index in [9.17, 15) is 19.2 Å². The summed E-state index contributed by atoms with van der Waals surface area (Å²) in [5.74, 6) is -0.994. The van der Waals surface area contributed by atoms with Gasteiger partial charge in [0, 0.05) is 13.0 Å². The summed E-state index contributed by atoms with van der Waals surface area (Å²) in [4.78, 5) is 54.7. The number of ether oxygens (including phenoxy) is 1. The number of carbonyl (C=O) groups excluding carboxylic acids is 4. The number of aryl methyl sites for hydroxylation is 1. The molecule has 0 bridgehead atoms. The van der Waals surface area contributed by atoms with Gasteiger partial charge in [0.05, 0.1) is 29.5 Å². The molecule has 5 atom stereocenters. The standard InChI is InChI=1S/C29H32N2O5/c1-17-9-11-23-24(13-17)28(34)31(27(23)33)25-12-10-22(14-18(25)2)36-29(35)21-15-26(32)30(16-21)19(3)20-7-5-4-6-8-20/h4-8,10,12,14,17,19,21,23-24H,9,11,13,15-16H2,1-3H3/t17-,19+,21+,23+,24-/m0/s1. The smallest absolute Gasteiger partial charge is 0.316 e. The van der Waals surface area contributed by atoms with Crippen LogP contribution in [0.5, 0.6) is 5.75 Å². The SMILES string of the molecule is Cc1cc(OC(=O)[C@@H]2CC(=O)N([C@H](C)c3ccccc3)C2)ccc1N1C(=O)[C@H]2C[C@@H](C)CC[C@H]2C1=O. The first-order chi connectivity index (χ1) is 17.2. The fourth-order valence-electron chi connectivity index (χ4n) is 5.94. The summed E-state index contributed by atoms with van der Waals surface area (Å²) in [6.07, 6.45) is 2.58. The van der Waals surface area contributed by atoms with Gasteiger partial charge in [0.1, 0.15) is 5.75 Å². The molecule has 7 heteroatoms. The van der Waals surface area contributed by atoms with Gasteiger partial charge >= 0.3 is 5.97 Å². The number of nitrogens with zero attached hydrogens (tertiary/aromatic N) is 2. The molecule has 1 aliphatic carbocycles. The summed E-state index contributed by atoms with van der Waals surface area (Å²) in [5, 5.41) is 0. The minimum Gasteiger partial charge on any atom is -0.426 e. The maximum absolute atomic E-state index is 13.1. The Morgan fingerprint density at radius 3 is 2.44 bits per heavy atom. The third-order valence-corrected chi connectivity index (χ3v) is 8.06. The van der Waals surface area contributed by atoms with Crippen molar-refractivity contribution in [1.29, 1.82) is 0 Å². The minimum atomic E-state index is -0.546. The average molecular weight is 489 g/mol. The molecule has 0 N–H and O–H groups in total. The van der Waals surface area contributed by atoms with Gasteiger partial charge in [-0.2, -0.15) is 0 Å². The molecule has 2 aromatic carbocycles. The van der Waals surface area contributed by atoms with E-state index < -0.39 is 11.9 Å². The molecule has 1 saturated carbocycles. The highest BCUT2D eigenvalue weighted by Gasteiger charge is 2.50. The zero-order valence-electron chi connectivity index (χ0n) is 21.0. The van der Waals surface area contributed by atoms with Crippen molar-refractivity contribution in [3.8, 4) is 5.75 Å². The van der Waals surface area contributed by atoms with Crippen LogP contribution in [0.1, 0.15) is 56.7 Å². The van der Waals surface area contributed by atoms with Crippen LogP contribution in [0, 0.1) is 30.6 Å². The second kappa shape index (κ2) is 9.52. The van der Waals surface area contributed by atoms with Crippen molar-refractivity contribution < 1.29 is 23.9 Å². The molecule has 7 nitrogen and oxygen atoms in total. The molecular weight excluding hydrogens is 456 g/mol. The lowest BCUT2D eigenvalue weighted by Crippen LogP contribution is -2.31. The van der Waals surface area contributed by atoms with Crippen molar-refractivity contribution in [1.82, 2.24) is 4.90 Å². The fraction of sp³-hybridized carbons (Fsp3) is 0.448. The van der Waals surface area contributed by atoms with Gasteiger partial charge in [-0.15, -0.1) is 0 Å². The molecule has 188 valence electrons. The van der Waals surface area contributed by atoms with Gasteiger partial charge < -0.3 is 9.64 Å². The topological polar surface area (TPSA) is 84.0 Å². The summed E-state index contributed by atoms with van der Waals surface area (Å²) in [6, 6.07) is 14.6. The molecule has 2 heterocycles. The predicted molar refractivity (Wildman–Crippen MR) is 134 cm³/mol. The summed E-state index contributed by atoms with van der Waals surface area (Å²) in [5.41, 5.74) is 2.26. The Bertz CT molecular complexity index is 1210. The van der Waals surface area contributed by atoms with Gasteiger partial charge in [-0.3, -0.25) is 19.2 Å². The summed E-state index contributed by atoms with van der Waals surface area (Å²) >= 11 is 0. The van der Waals surface area contributed by atoms with E-state index in [1.807, 2.05) is 37.3 Å². The van der Waals surface area contributed by atoms with Gasteiger partial charge in [0.15, 0.2) is 0 Å². The van der Waals surface area contributed by atoms with Crippen molar-refractivity contribution >= 4 is 29.4 Å². The first-order valence-corrected chi connectivity index (χ1v) is 12.8. The maximum Gasteiger partial charge on any atom is 0.316 e. The molecule has 3 fully saturated rings. The van der Waals surface area contributed by atoms with Gasteiger partial charge in [0.2, 0.25) is 17.7 Å². The van der Waals surface area contributed by atoms with E-state index in [1.165, 1.54) is 4.90 Å². The number of hydrogen-bond acceptors (Lipinski definition) is 5. The number of amides is 3. The summed E-state index contributed by atoms with van der Waals surface area (Å²) in [6.45, 7) is 6.20. The number of rotatable bonds is 5. The lowest BCUT2D eigenvalue weighted by molar-refractivity contribution is -0.139. The number of carbonyl (C=O) groups is 4. The number of esters is 1. The molecule has 36 heavy (non-hydrogen) atoms. The zero-order chi connectivity index (χ0) is 25.6. The van der Waals surface area contributed by atoms with E-state index >= 15 is 0 Å². The molecule has 0 aromatic heterocycles. The van der Waals surface area contributed by atoms with Crippen LogP contribution >= 0.6 is 0 Å². The Morgan fingerprint density at radius 1 is 1.00 bits per heavy atom. The minimum absolute atomic E-state index is 0.0679. The van der Waals surface area contributed by atoms with Crippen LogP contribution in [0.2, 0.25) is 0 Å². The lowest BCUT2D eigenvalue weighted by atomic mass is 9.76. The molecular formula is C29H32N2O5. The van der Waals surface area contributed by atoms with Crippen molar-refractivity contribution in [2.75, 3.05) is 11.4 Å². The van der Waals surface area contributed by atoms with Gasteiger partial charge in [0.25, 0.3) is 0 Å². The van der Waals surface area contributed by atoms with Crippen molar-refractivity contribution in [3.05, 3.63) is 59.7 Å². The van der Waals surface area contributed by atoms with Crippen LogP contribution in [0.4, 0.5) is 5.69 Å². The third-order valence-electron chi connectivity index (χ3n) is 8.06. The lowest BCUT2D eigenvalue weighted by Gasteiger charge is -2.25. The van der Waals surface area contributed by atoms with Crippen LogP contribution in [-0.2, 0) is 19.2 Å². The van der Waals surface area contributed by atoms with E-state index in [-0.39, 0.29) is 42.0 Å². The number of benzene rings is 2. The molecule has 2 saturated heterocycles. The molecule has 2 aromatic rings. The Labute approximate surface area is 211 Å². The normalized spacial score (nSPS) is 26.8. The molecule has 0 spiro atoms. The van der Waals surface area contributed by atoms with Crippen molar-refractivity contribution in [2.45, 2.75) is 52.5 Å². The van der Waals surface area contributed by atoms with Crippen LogP contribution in [0.15, 0.2) is 48.5 Å². The summed E-state index contributed by atoms with van der Waals surface area (Å²) < 4.78 is 5.64. The number of likely N-dealkylation sites (tertiary alicyclic amines) is 1. The second-order valence-corrected chi connectivity index (χ2v) is 10.5. The molecule has 0 unspecified atom stereocenters. The van der Waals surface area contributed by atoms with Gasteiger partial charge in [-0.05, 0) is 68.4 Å². The first-order valence-electron chi connectivity index (χ1n) is 12.8. The van der Waals surface area contributed by atoms with Crippen LogP contribution < -0.4 is 9.64 Å². The molecule has 3 amide bonds. The molecule has 5 rings (SSSR count). The Kier molecular flexibility index (Phi) is 6.41. The van der Waals surface area contributed by atoms with E-state index in [0.717, 1.165) is 24.8 Å². The molecule has 0 radical (unpaired) electrons. The van der Waals surface area contributed by atoms with Crippen LogP contribution in [-0.4, -0.2) is 35.1 Å². The van der Waals surface area contributed by atoms with Crippen molar-refractivity contribution in [3.63, 3.8) is 0 Å². The first kappa shape index (κ1) is 24.2. The highest BCUT2D eigenvalue weighted by atomic mass is 16.5. The van der Waals surface area contributed by atoms with Gasteiger partial charge in [-0.25, -0.2) is 4.90 Å². The quantitative estimate of drug-likeness (QED) is 0.353. The third kappa shape index (κ3) is 4.31. The zero-order valence-corrected chi connectivity index (χ0v) is 21.0. The second-order valence-electron chi connectivity index (χ2n) is 10.5. The Balaban J connectivity index is 1.26. The number of anilines is 1. The van der Waals surface area contributed by atoms with E-state index in [4.69, 9.17) is 4.74 Å². The predicted octanol–water partition coefficient (Wildman–Crippen LogP) is 4.44. The molecule has 3 aliphatic rings. The highest BCUT2D eigenvalue weighted by Crippen LogP contribution is 2.43. The average Bonchev–Trinajstić information content (AvgIpc) is 3.37. The Hall–Kier alpha value is -3.48. The number of imide groups is 1. The maximum atomic E-state index is 13.1. The number of fused-ring (bicyclic) bond motifs is 1. The summed E-state index contributed by atoms with van der Waals surface area (Å²) in [7, 11) is 0. The van der Waals surface area contributed by atoms with Crippen LogP contribution in [0.25, 0.3) is 0 Å². The van der Waals surface area contributed by atoms with E-state index in [1.54, 1.807) is 30.0 Å². The van der Waals surface area contributed by atoms with Crippen LogP contribution in [0.3, 0.4) is 0 Å². The molecule has 2 aliphatic heterocycles. The highest BCUT2D eigenvalue weighted by molar-refractivity contribution is 6.22. The van der Waals surface area contributed by atoms with E-state index in [0.29, 0.717) is 29.5 Å². The van der Waals surface area contributed by atoms with Gasteiger partial charge in [-0.1, -0.05) is 37.3 Å². The monoisotopic (exact) mass is 488 g/mol. The van der Waals surface area contributed by atoms with Crippen molar-refractivity contribution in [2.24, 2.45) is 23.7 Å². The van der Waals surface area contributed by atoms with E-state index in [2.05, 4.69) is 6.92 Å². The fourth-order valence-corrected chi connectivity index (χ4v) is 5.94. The largest absolute Gasteiger partial charge is 0.426 e. The number of hydrogen-bond donors (Lipinski definition) is 0. The Morgan fingerprint density at radius 2 is 1.72 bits per heavy atom.